The Morgan fingerprint density at radius 2 is 2.20 bits per heavy atom. The van der Waals surface area contributed by atoms with E-state index in [4.69, 9.17) is 16.7 Å². The van der Waals surface area contributed by atoms with E-state index in [2.05, 4.69) is 20.9 Å². The van der Waals surface area contributed by atoms with Crippen molar-refractivity contribution in [2.24, 2.45) is 0 Å². The molecule has 0 radical (unpaired) electrons. The molecular formula is C14H12BrClN2O2. The third-order valence-corrected chi connectivity index (χ3v) is 3.64. The van der Waals surface area contributed by atoms with Crippen LogP contribution in [0, 0.1) is 0 Å². The standard InChI is InChI=1S/C14H12BrClN2O2/c1-18(8-9-3-2-4-10(15)7-9)13-12(16)11(14(19)20)5-6-17-13/h2-7H,8H2,1H3,(H,19,20). The number of halogens is 2. The smallest absolute Gasteiger partial charge is 0.337 e. The predicted molar refractivity (Wildman–Crippen MR) is 82.5 cm³/mol. The van der Waals surface area contributed by atoms with E-state index in [1.807, 2.05) is 36.2 Å². The van der Waals surface area contributed by atoms with E-state index in [0.29, 0.717) is 12.4 Å². The first-order valence-electron chi connectivity index (χ1n) is 5.82. The summed E-state index contributed by atoms with van der Waals surface area (Å²) in [5.41, 5.74) is 1.12. The Bertz CT molecular complexity index is 649. The summed E-state index contributed by atoms with van der Waals surface area (Å²) in [4.78, 5) is 17.0. The number of aromatic carboxylic acids is 1. The molecule has 0 spiro atoms. The van der Waals surface area contributed by atoms with Gasteiger partial charge in [-0.05, 0) is 23.8 Å². The van der Waals surface area contributed by atoms with Gasteiger partial charge in [-0.2, -0.15) is 0 Å². The van der Waals surface area contributed by atoms with Crippen LogP contribution in [0.3, 0.4) is 0 Å². The molecule has 0 saturated carbocycles. The van der Waals surface area contributed by atoms with Gasteiger partial charge in [0.2, 0.25) is 0 Å². The van der Waals surface area contributed by atoms with Crippen molar-refractivity contribution >= 4 is 39.3 Å². The zero-order chi connectivity index (χ0) is 14.7. The minimum absolute atomic E-state index is 0.0535. The first-order valence-corrected chi connectivity index (χ1v) is 6.99. The molecule has 4 nitrogen and oxygen atoms in total. The molecule has 1 heterocycles. The fourth-order valence-electron chi connectivity index (χ4n) is 1.85. The number of aromatic nitrogens is 1. The van der Waals surface area contributed by atoms with Crippen LogP contribution in [-0.4, -0.2) is 23.1 Å². The van der Waals surface area contributed by atoms with Gasteiger partial charge in [-0.1, -0.05) is 39.7 Å². The first-order chi connectivity index (χ1) is 9.49. The van der Waals surface area contributed by atoms with Gasteiger partial charge in [0.1, 0.15) is 5.82 Å². The lowest BCUT2D eigenvalue weighted by Crippen LogP contribution is -2.19. The number of carboxylic acids is 1. The maximum Gasteiger partial charge on any atom is 0.337 e. The van der Waals surface area contributed by atoms with Gasteiger partial charge in [-0.15, -0.1) is 0 Å². The Morgan fingerprint density at radius 1 is 1.45 bits per heavy atom. The van der Waals surface area contributed by atoms with Crippen LogP contribution in [0.15, 0.2) is 41.0 Å². The minimum atomic E-state index is -1.06. The van der Waals surface area contributed by atoms with E-state index in [0.717, 1.165) is 10.0 Å². The van der Waals surface area contributed by atoms with Crippen molar-refractivity contribution in [1.82, 2.24) is 4.98 Å². The van der Waals surface area contributed by atoms with Crippen LogP contribution in [0.2, 0.25) is 5.02 Å². The van der Waals surface area contributed by atoms with Crippen molar-refractivity contribution in [2.75, 3.05) is 11.9 Å². The fourth-order valence-corrected chi connectivity index (χ4v) is 2.63. The summed E-state index contributed by atoms with van der Waals surface area (Å²) in [6, 6.07) is 9.25. The summed E-state index contributed by atoms with van der Waals surface area (Å²) >= 11 is 9.52. The van der Waals surface area contributed by atoms with Crippen LogP contribution in [0.5, 0.6) is 0 Å². The normalized spacial score (nSPS) is 10.3. The topological polar surface area (TPSA) is 53.4 Å². The molecule has 2 rings (SSSR count). The lowest BCUT2D eigenvalue weighted by molar-refractivity contribution is 0.0697. The number of hydrogen-bond donors (Lipinski definition) is 1. The second kappa shape index (κ2) is 6.24. The number of rotatable bonds is 4. The highest BCUT2D eigenvalue weighted by Gasteiger charge is 2.16. The van der Waals surface area contributed by atoms with Gasteiger partial charge in [0.25, 0.3) is 0 Å². The summed E-state index contributed by atoms with van der Waals surface area (Å²) in [5, 5.41) is 9.21. The van der Waals surface area contributed by atoms with E-state index in [1.165, 1.54) is 12.3 Å². The highest BCUT2D eigenvalue weighted by Crippen LogP contribution is 2.27. The van der Waals surface area contributed by atoms with Crippen LogP contribution < -0.4 is 4.90 Å². The molecule has 6 heteroatoms. The number of carbonyl (C=O) groups is 1. The number of hydrogen-bond acceptors (Lipinski definition) is 3. The SMILES string of the molecule is CN(Cc1cccc(Br)c1)c1nccc(C(=O)O)c1Cl. The molecule has 0 fully saturated rings. The van der Waals surface area contributed by atoms with Gasteiger partial charge >= 0.3 is 5.97 Å². The van der Waals surface area contributed by atoms with E-state index in [9.17, 15) is 4.79 Å². The van der Waals surface area contributed by atoms with Crippen molar-refractivity contribution < 1.29 is 9.90 Å². The van der Waals surface area contributed by atoms with E-state index in [1.54, 1.807) is 0 Å². The molecule has 1 N–H and O–H groups in total. The molecule has 1 aromatic heterocycles. The quantitative estimate of drug-likeness (QED) is 0.905. The molecule has 104 valence electrons. The molecule has 0 aliphatic rings. The lowest BCUT2D eigenvalue weighted by Gasteiger charge is -2.20. The molecule has 1 aromatic carbocycles. The monoisotopic (exact) mass is 354 g/mol. The molecule has 0 atom stereocenters. The summed E-state index contributed by atoms with van der Waals surface area (Å²) in [6.45, 7) is 0.579. The molecule has 0 bridgehead atoms. The van der Waals surface area contributed by atoms with Crippen molar-refractivity contribution in [3.8, 4) is 0 Å². The molecule has 0 amide bonds. The van der Waals surface area contributed by atoms with Crippen LogP contribution in [0.1, 0.15) is 15.9 Å². The highest BCUT2D eigenvalue weighted by atomic mass is 79.9. The number of benzene rings is 1. The van der Waals surface area contributed by atoms with Gasteiger partial charge in [-0.3, -0.25) is 0 Å². The van der Waals surface area contributed by atoms with Crippen LogP contribution in [-0.2, 0) is 6.54 Å². The fraction of sp³-hybridized carbons (Fsp3) is 0.143. The highest BCUT2D eigenvalue weighted by molar-refractivity contribution is 9.10. The van der Waals surface area contributed by atoms with Crippen molar-refractivity contribution in [2.45, 2.75) is 6.54 Å². The third kappa shape index (κ3) is 3.29. The van der Waals surface area contributed by atoms with Gasteiger partial charge in [0, 0.05) is 24.3 Å². The van der Waals surface area contributed by atoms with Gasteiger partial charge < -0.3 is 10.0 Å². The second-order valence-corrected chi connectivity index (χ2v) is 5.58. The number of pyridine rings is 1. The van der Waals surface area contributed by atoms with Gasteiger partial charge in [-0.25, -0.2) is 9.78 Å². The molecule has 20 heavy (non-hydrogen) atoms. The molecule has 0 aliphatic heterocycles. The van der Waals surface area contributed by atoms with Crippen LogP contribution in [0.25, 0.3) is 0 Å². The number of carboxylic acid groups (broad SMARTS) is 1. The van der Waals surface area contributed by atoms with Gasteiger partial charge in [0.15, 0.2) is 0 Å². The first kappa shape index (κ1) is 14.8. The molecular weight excluding hydrogens is 344 g/mol. The minimum Gasteiger partial charge on any atom is -0.478 e. The van der Waals surface area contributed by atoms with E-state index in [-0.39, 0.29) is 10.6 Å². The number of anilines is 1. The number of nitrogens with zero attached hydrogens (tertiary/aromatic N) is 2. The summed E-state index contributed by atoms with van der Waals surface area (Å²) in [5.74, 6) is -0.610. The average molecular weight is 356 g/mol. The summed E-state index contributed by atoms with van der Waals surface area (Å²) in [7, 11) is 1.82. The Balaban J connectivity index is 2.28. The lowest BCUT2D eigenvalue weighted by atomic mass is 10.2. The molecule has 0 saturated heterocycles. The molecule has 0 unspecified atom stereocenters. The van der Waals surface area contributed by atoms with Gasteiger partial charge in [0.05, 0.1) is 10.6 Å². The Morgan fingerprint density at radius 3 is 2.85 bits per heavy atom. The second-order valence-electron chi connectivity index (χ2n) is 4.29. The molecule has 2 aromatic rings. The summed E-state index contributed by atoms with van der Waals surface area (Å²) in [6.07, 6.45) is 1.45. The third-order valence-electron chi connectivity index (χ3n) is 2.77. The van der Waals surface area contributed by atoms with E-state index < -0.39 is 5.97 Å². The van der Waals surface area contributed by atoms with Crippen LogP contribution in [0.4, 0.5) is 5.82 Å². The predicted octanol–water partition coefficient (Wildman–Crippen LogP) is 3.83. The van der Waals surface area contributed by atoms with Crippen molar-refractivity contribution in [3.05, 3.63) is 57.2 Å². The average Bonchev–Trinajstić information content (AvgIpc) is 2.38. The van der Waals surface area contributed by atoms with E-state index >= 15 is 0 Å². The Hall–Kier alpha value is -1.59. The van der Waals surface area contributed by atoms with Crippen LogP contribution >= 0.6 is 27.5 Å². The van der Waals surface area contributed by atoms with Crippen molar-refractivity contribution in [1.29, 1.82) is 0 Å². The maximum absolute atomic E-state index is 11.1. The Kier molecular flexibility index (Phi) is 4.62. The maximum atomic E-state index is 11.1. The molecule has 0 aliphatic carbocycles. The zero-order valence-corrected chi connectivity index (χ0v) is 13.0. The zero-order valence-electron chi connectivity index (χ0n) is 10.7. The Labute approximate surface area is 130 Å². The summed E-state index contributed by atoms with van der Waals surface area (Å²) < 4.78 is 0.988. The van der Waals surface area contributed by atoms with Crippen molar-refractivity contribution in [3.63, 3.8) is 0 Å². The largest absolute Gasteiger partial charge is 0.478 e.